The highest BCUT2D eigenvalue weighted by molar-refractivity contribution is 6.07. The fourth-order valence-corrected chi connectivity index (χ4v) is 4.08. The molecule has 0 saturated heterocycles. The van der Waals surface area contributed by atoms with Crippen LogP contribution in [-0.4, -0.2) is 34.2 Å². The number of rotatable bonds is 7. The van der Waals surface area contributed by atoms with Gasteiger partial charge in [0.1, 0.15) is 12.4 Å². The van der Waals surface area contributed by atoms with E-state index in [9.17, 15) is 18.8 Å². The molecule has 0 spiro atoms. The van der Waals surface area contributed by atoms with E-state index in [1.807, 2.05) is 38.1 Å². The molecular formula is C27H27FN4O4. The van der Waals surface area contributed by atoms with Gasteiger partial charge in [0.2, 0.25) is 5.91 Å². The molecule has 2 amide bonds. The standard InChI is InChI=1S/C27H27FN4O4/c1-4-36-26(34)15-32-17(3)11-24(31-32)19-6-5-16(2)23(12-19)30-27(35)22-14-29-25(33)13-21(22)18-7-9-20(28)10-8-18/h5-12,14,21H,4,13,15H2,1-3H3,(H,29,33)(H,30,35)/t21-/m1/s1. The van der Waals surface area contributed by atoms with Gasteiger partial charge < -0.3 is 15.4 Å². The van der Waals surface area contributed by atoms with Crippen molar-refractivity contribution in [2.24, 2.45) is 0 Å². The Labute approximate surface area is 208 Å². The summed E-state index contributed by atoms with van der Waals surface area (Å²) in [5.41, 5.74) is 4.71. The summed E-state index contributed by atoms with van der Waals surface area (Å²) in [6, 6.07) is 13.2. The van der Waals surface area contributed by atoms with Gasteiger partial charge in [-0.3, -0.25) is 19.1 Å². The van der Waals surface area contributed by atoms with Crippen molar-refractivity contribution in [1.29, 1.82) is 0 Å². The molecule has 9 heteroatoms. The van der Waals surface area contributed by atoms with Crippen molar-refractivity contribution in [2.75, 3.05) is 11.9 Å². The number of nitrogens with one attached hydrogen (secondary N) is 2. The fourth-order valence-electron chi connectivity index (χ4n) is 4.08. The van der Waals surface area contributed by atoms with Crippen molar-refractivity contribution in [1.82, 2.24) is 15.1 Å². The second kappa shape index (κ2) is 10.6. The molecule has 1 aliphatic heterocycles. The minimum atomic E-state index is -0.496. The summed E-state index contributed by atoms with van der Waals surface area (Å²) in [4.78, 5) is 37.2. The highest BCUT2D eigenvalue weighted by Gasteiger charge is 2.29. The molecule has 1 atom stereocenters. The van der Waals surface area contributed by atoms with E-state index in [-0.39, 0.29) is 36.6 Å². The van der Waals surface area contributed by atoms with Crippen LogP contribution < -0.4 is 10.6 Å². The summed E-state index contributed by atoms with van der Waals surface area (Å²) in [5, 5.41) is 10.1. The molecule has 2 N–H and O–H groups in total. The topological polar surface area (TPSA) is 102 Å². The summed E-state index contributed by atoms with van der Waals surface area (Å²) in [6.45, 7) is 5.79. The third-order valence-electron chi connectivity index (χ3n) is 6.04. The van der Waals surface area contributed by atoms with E-state index in [1.165, 1.54) is 18.3 Å². The number of benzene rings is 2. The molecule has 2 aromatic carbocycles. The first-order chi connectivity index (χ1) is 17.2. The molecule has 2 heterocycles. The normalized spacial score (nSPS) is 15.2. The molecule has 0 unspecified atom stereocenters. The molecule has 186 valence electrons. The minimum Gasteiger partial charge on any atom is -0.465 e. The lowest BCUT2D eigenvalue weighted by molar-refractivity contribution is -0.144. The maximum atomic E-state index is 13.4. The zero-order valence-electron chi connectivity index (χ0n) is 20.3. The molecule has 3 aromatic rings. The number of amides is 2. The maximum absolute atomic E-state index is 13.4. The van der Waals surface area contributed by atoms with Gasteiger partial charge in [-0.1, -0.05) is 24.3 Å². The van der Waals surface area contributed by atoms with E-state index < -0.39 is 5.92 Å². The summed E-state index contributed by atoms with van der Waals surface area (Å²) in [6.07, 6.45) is 1.50. The molecular weight excluding hydrogens is 463 g/mol. The van der Waals surface area contributed by atoms with Crippen LogP contribution in [0.2, 0.25) is 0 Å². The van der Waals surface area contributed by atoms with Gasteiger partial charge in [-0.2, -0.15) is 5.10 Å². The highest BCUT2D eigenvalue weighted by atomic mass is 19.1. The zero-order valence-corrected chi connectivity index (χ0v) is 20.3. The minimum absolute atomic E-state index is 0.0137. The fraction of sp³-hybridized carbons (Fsp3) is 0.259. The van der Waals surface area contributed by atoms with Gasteiger partial charge >= 0.3 is 5.97 Å². The largest absolute Gasteiger partial charge is 0.465 e. The van der Waals surface area contributed by atoms with Crippen LogP contribution in [0.15, 0.2) is 60.3 Å². The predicted octanol–water partition coefficient (Wildman–Crippen LogP) is 4.00. The maximum Gasteiger partial charge on any atom is 0.327 e. The van der Waals surface area contributed by atoms with E-state index in [0.717, 1.165) is 16.8 Å². The van der Waals surface area contributed by atoms with E-state index in [4.69, 9.17) is 4.74 Å². The Bertz CT molecular complexity index is 1340. The molecule has 8 nitrogen and oxygen atoms in total. The smallest absolute Gasteiger partial charge is 0.327 e. The van der Waals surface area contributed by atoms with Gasteiger partial charge in [0, 0.05) is 41.1 Å². The molecule has 0 fully saturated rings. The summed E-state index contributed by atoms with van der Waals surface area (Å²) >= 11 is 0. The number of ether oxygens (including phenoxy) is 1. The first-order valence-corrected chi connectivity index (χ1v) is 11.6. The van der Waals surface area contributed by atoms with Crippen LogP contribution in [0.5, 0.6) is 0 Å². The highest BCUT2D eigenvalue weighted by Crippen LogP contribution is 2.32. The summed E-state index contributed by atoms with van der Waals surface area (Å²) < 4.78 is 20.0. The second-order valence-electron chi connectivity index (χ2n) is 8.59. The van der Waals surface area contributed by atoms with Crippen LogP contribution in [0.1, 0.15) is 36.1 Å². The number of carbonyl (C=O) groups excluding carboxylic acids is 3. The Morgan fingerprint density at radius 2 is 1.92 bits per heavy atom. The zero-order chi connectivity index (χ0) is 25.8. The SMILES string of the molecule is CCOC(=O)Cn1nc(-c2ccc(C)c(NC(=O)C3=CNC(=O)C[C@@H]3c3ccc(F)cc3)c2)cc1C. The number of carbonyl (C=O) groups is 3. The third kappa shape index (κ3) is 5.51. The van der Waals surface area contributed by atoms with Crippen molar-refractivity contribution in [3.8, 4) is 11.3 Å². The lowest BCUT2D eigenvalue weighted by Gasteiger charge is -2.24. The van der Waals surface area contributed by atoms with E-state index in [0.29, 0.717) is 29.1 Å². The average molecular weight is 491 g/mol. The first-order valence-electron chi connectivity index (χ1n) is 11.6. The van der Waals surface area contributed by atoms with Gasteiger partial charge in [0.15, 0.2) is 0 Å². The Morgan fingerprint density at radius 3 is 2.64 bits per heavy atom. The number of hydrogen-bond donors (Lipinski definition) is 2. The Morgan fingerprint density at radius 1 is 1.17 bits per heavy atom. The van der Waals surface area contributed by atoms with Gasteiger partial charge in [0.25, 0.3) is 5.91 Å². The number of nitrogens with zero attached hydrogens (tertiary/aromatic N) is 2. The molecule has 1 aromatic heterocycles. The molecule has 0 bridgehead atoms. The van der Waals surface area contributed by atoms with Crippen LogP contribution >= 0.6 is 0 Å². The first kappa shape index (κ1) is 24.8. The molecule has 36 heavy (non-hydrogen) atoms. The monoisotopic (exact) mass is 490 g/mol. The molecule has 0 radical (unpaired) electrons. The van der Waals surface area contributed by atoms with Crippen molar-refractivity contribution in [3.05, 3.63) is 82.9 Å². The van der Waals surface area contributed by atoms with E-state index in [1.54, 1.807) is 23.7 Å². The van der Waals surface area contributed by atoms with Crippen molar-refractivity contribution < 1.29 is 23.5 Å². The molecule has 0 saturated carbocycles. The number of hydrogen-bond acceptors (Lipinski definition) is 5. The van der Waals surface area contributed by atoms with Crippen LogP contribution in [0.4, 0.5) is 10.1 Å². The van der Waals surface area contributed by atoms with Gasteiger partial charge in [0.05, 0.1) is 12.3 Å². The average Bonchev–Trinajstić information content (AvgIpc) is 3.20. The van der Waals surface area contributed by atoms with Crippen molar-refractivity contribution in [2.45, 2.75) is 39.7 Å². The number of halogens is 1. The number of anilines is 1. The summed E-state index contributed by atoms with van der Waals surface area (Å²) in [7, 11) is 0. The van der Waals surface area contributed by atoms with Crippen LogP contribution in [0.3, 0.4) is 0 Å². The van der Waals surface area contributed by atoms with Crippen LogP contribution in [0, 0.1) is 19.7 Å². The van der Waals surface area contributed by atoms with E-state index in [2.05, 4.69) is 15.7 Å². The number of aromatic nitrogens is 2. The predicted molar refractivity (Wildman–Crippen MR) is 132 cm³/mol. The summed E-state index contributed by atoms with van der Waals surface area (Å²) in [5.74, 6) is -1.83. The molecule has 4 rings (SSSR count). The Balaban J connectivity index is 1.57. The van der Waals surface area contributed by atoms with Gasteiger partial charge in [-0.25, -0.2) is 4.39 Å². The lowest BCUT2D eigenvalue weighted by Crippen LogP contribution is -2.32. The number of esters is 1. The van der Waals surface area contributed by atoms with E-state index >= 15 is 0 Å². The van der Waals surface area contributed by atoms with Gasteiger partial charge in [-0.05, 0) is 56.2 Å². The van der Waals surface area contributed by atoms with Gasteiger partial charge in [-0.15, -0.1) is 0 Å². The van der Waals surface area contributed by atoms with Crippen LogP contribution in [-0.2, 0) is 25.7 Å². The quantitative estimate of drug-likeness (QED) is 0.488. The van der Waals surface area contributed by atoms with Crippen molar-refractivity contribution >= 4 is 23.5 Å². The second-order valence-corrected chi connectivity index (χ2v) is 8.59. The number of aryl methyl sites for hydroxylation is 2. The molecule has 1 aliphatic rings. The lowest BCUT2D eigenvalue weighted by atomic mass is 9.86. The Hall–Kier alpha value is -4.27. The Kier molecular flexibility index (Phi) is 7.28. The van der Waals surface area contributed by atoms with Crippen LogP contribution in [0.25, 0.3) is 11.3 Å². The third-order valence-corrected chi connectivity index (χ3v) is 6.04. The molecule has 0 aliphatic carbocycles. The van der Waals surface area contributed by atoms with Crippen molar-refractivity contribution in [3.63, 3.8) is 0 Å².